The fraction of sp³-hybridized carbons (Fsp3) is 0.278. The van der Waals surface area contributed by atoms with Gasteiger partial charge >= 0.3 is 6.18 Å². The summed E-state index contributed by atoms with van der Waals surface area (Å²) in [5.41, 5.74) is -1.15. The van der Waals surface area contributed by atoms with Gasteiger partial charge in [-0.3, -0.25) is 9.69 Å². The van der Waals surface area contributed by atoms with Crippen molar-refractivity contribution in [1.29, 1.82) is 0 Å². The monoisotopic (exact) mass is 410 g/mol. The molecule has 6 nitrogen and oxygen atoms in total. The molecule has 0 unspecified atom stereocenters. The topological polar surface area (TPSA) is 71.3 Å². The number of aromatic nitrogens is 2. The average molecular weight is 410 g/mol. The molecule has 2 aromatic heterocycles. The Hall–Kier alpha value is -2.72. The van der Waals surface area contributed by atoms with Gasteiger partial charge in [-0.1, -0.05) is 25.1 Å². The summed E-state index contributed by atoms with van der Waals surface area (Å²) in [5, 5.41) is 12.2. The predicted molar refractivity (Wildman–Crippen MR) is 98.6 cm³/mol. The molecular weight excluding hydrogens is 393 g/mol. The lowest BCUT2D eigenvalue weighted by molar-refractivity contribution is -0.137. The molecule has 28 heavy (non-hydrogen) atoms. The third-order valence-corrected chi connectivity index (χ3v) is 4.74. The minimum atomic E-state index is -4.55. The first-order chi connectivity index (χ1) is 13.4. The molecule has 148 valence electrons. The maximum absolute atomic E-state index is 13.0. The van der Waals surface area contributed by atoms with Crippen molar-refractivity contribution in [3.63, 3.8) is 0 Å². The lowest BCUT2D eigenvalue weighted by atomic mass is 10.1. The second-order valence-electron chi connectivity index (χ2n) is 5.87. The number of benzene rings is 1. The van der Waals surface area contributed by atoms with Crippen molar-refractivity contribution in [2.24, 2.45) is 0 Å². The molecule has 0 saturated carbocycles. The van der Waals surface area contributed by atoms with E-state index in [0.29, 0.717) is 18.3 Å². The van der Waals surface area contributed by atoms with Crippen molar-refractivity contribution in [1.82, 2.24) is 15.1 Å². The number of rotatable bonds is 7. The van der Waals surface area contributed by atoms with Gasteiger partial charge in [0.2, 0.25) is 11.8 Å². The van der Waals surface area contributed by atoms with Crippen LogP contribution in [-0.2, 0) is 17.5 Å². The van der Waals surface area contributed by atoms with Crippen LogP contribution >= 0.6 is 11.3 Å². The molecule has 0 aliphatic carbocycles. The molecule has 3 aromatic rings. The van der Waals surface area contributed by atoms with E-state index in [1.807, 2.05) is 24.4 Å². The number of carbonyl (C=O) groups excluding carboxylic acids is 1. The Morgan fingerprint density at radius 3 is 2.68 bits per heavy atom. The van der Waals surface area contributed by atoms with Gasteiger partial charge in [0, 0.05) is 0 Å². The third-order valence-electron chi connectivity index (χ3n) is 3.88. The van der Waals surface area contributed by atoms with E-state index in [1.165, 1.54) is 29.5 Å². The van der Waals surface area contributed by atoms with Crippen molar-refractivity contribution in [3.05, 3.63) is 53.2 Å². The molecule has 3 rings (SSSR count). The summed E-state index contributed by atoms with van der Waals surface area (Å²) >= 11 is 1.46. The molecule has 0 saturated heterocycles. The molecule has 0 radical (unpaired) electrons. The Balaban J connectivity index is 1.63. The number of nitrogens with zero attached hydrogens (tertiary/aromatic N) is 3. The normalized spacial score (nSPS) is 11.8. The Labute approximate surface area is 163 Å². The Morgan fingerprint density at radius 2 is 2.00 bits per heavy atom. The van der Waals surface area contributed by atoms with Crippen LogP contribution in [0.3, 0.4) is 0 Å². The number of para-hydroxylation sites is 1. The van der Waals surface area contributed by atoms with Gasteiger partial charge in [0.15, 0.2) is 0 Å². The first-order valence-corrected chi connectivity index (χ1v) is 9.29. The fourth-order valence-electron chi connectivity index (χ4n) is 2.52. The van der Waals surface area contributed by atoms with Crippen LogP contribution in [0.5, 0.6) is 0 Å². The van der Waals surface area contributed by atoms with E-state index in [9.17, 15) is 18.0 Å². The zero-order valence-corrected chi connectivity index (χ0v) is 15.7. The maximum atomic E-state index is 13.0. The van der Waals surface area contributed by atoms with Gasteiger partial charge in [-0.15, -0.1) is 21.5 Å². The van der Waals surface area contributed by atoms with Gasteiger partial charge in [0.25, 0.3) is 5.89 Å². The minimum Gasteiger partial charge on any atom is -0.419 e. The second kappa shape index (κ2) is 8.53. The highest BCUT2D eigenvalue weighted by Gasteiger charge is 2.33. The number of carbonyl (C=O) groups is 1. The average Bonchev–Trinajstić information content (AvgIpc) is 3.32. The lowest BCUT2D eigenvalue weighted by Crippen LogP contribution is -2.33. The van der Waals surface area contributed by atoms with Gasteiger partial charge < -0.3 is 9.73 Å². The Morgan fingerprint density at radius 1 is 1.21 bits per heavy atom. The lowest BCUT2D eigenvalue weighted by Gasteiger charge is -2.19. The van der Waals surface area contributed by atoms with E-state index >= 15 is 0 Å². The largest absolute Gasteiger partial charge is 0.419 e. The number of nitrogens with one attached hydrogen (secondary N) is 1. The van der Waals surface area contributed by atoms with Crippen LogP contribution < -0.4 is 5.32 Å². The molecule has 2 heterocycles. The summed E-state index contributed by atoms with van der Waals surface area (Å²) in [6, 6.07) is 8.58. The minimum absolute atomic E-state index is 0.112. The maximum Gasteiger partial charge on any atom is 0.418 e. The zero-order valence-electron chi connectivity index (χ0n) is 14.9. The molecule has 10 heteroatoms. The Kier molecular flexibility index (Phi) is 6.10. The van der Waals surface area contributed by atoms with Crippen LogP contribution in [-0.4, -0.2) is 34.1 Å². The first-order valence-electron chi connectivity index (χ1n) is 8.41. The van der Waals surface area contributed by atoms with Crippen LogP contribution in [0, 0.1) is 0 Å². The quantitative estimate of drug-likeness (QED) is 0.630. The first kappa shape index (κ1) is 20.0. The van der Waals surface area contributed by atoms with Crippen LogP contribution in [0.15, 0.2) is 46.2 Å². The number of halogens is 3. The number of anilines is 1. The molecule has 1 amide bonds. The molecular formula is C18H17F3N4O2S. The number of hydrogen-bond donors (Lipinski definition) is 1. The highest BCUT2D eigenvalue weighted by molar-refractivity contribution is 7.13. The van der Waals surface area contributed by atoms with Crippen LogP contribution in [0.2, 0.25) is 0 Å². The summed E-state index contributed by atoms with van der Waals surface area (Å²) in [5.74, 6) is 0.162. The smallest absolute Gasteiger partial charge is 0.418 e. The van der Waals surface area contributed by atoms with Gasteiger partial charge in [0.05, 0.1) is 29.2 Å². The number of amides is 1. The Bertz CT molecular complexity index is 925. The van der Waals surface area contributed by atoms with Crippen LogP contribution in [0.4, 0.5) is 18.9 Å². The summed E-state index contributed by atoms with van der Waals surface area (Å²) in [4.78, 5) is 14.8. The molecule has 0 aliphatic heterocycles. The van der Waals surface area contributed by atoms with Crippen molar-refractivity contribution >= 4 is 22.9 Å². The molecule has 0 bridgehead atoms. The van der Waals surface area contributed by atoms with E-state index < -0.39 is 17.6 Å². The fourth-order valence-corrected chi connectivity index (χ4v) is 3.16. The zero-order chi connectivity index (χ0) is 20.1. The second-order valence-corrected chi connectivity index (χ2v) is 6.82. The number of hydrogen-bond acceptors (Lipinski definition) is 6. The molecule has 1 aromatic carbocycles. The van der Waals surface area contributed by atoms with Gasteiger partial charge in [-0.2, -0.15) is 13.2 Å². The van der Waals surface area contributed by atoms with E-state index in [2.05, 4.69) is 15.5 Å². The van der Waals surface area contributed by atoms with Gasteiger partial charge in [-0.05, 0) is 30.1 Å². The summed E-state index contributed by atoms with van der Waals surface area (Å²) in [6.07, 6.45) is -4.55. The van der Waals surface area contributed by atoms with Crippen LogP contribution in [0.1, 0.15) is 18.4 Å². The summed E-state index contributed by atoms with van der Waals surface area (Å²) < 4.78 is 44.7. The summed E-state index contributed by atoms with van der Waals surface area (Å²) in [7, 11) is 0. The molecule has 0 atom stereocenters. The predicted octanol–water partition coefficient (Wildman–Crippen LogP) is 4.28. The van der Waals surface area contributed by atoms with Crippen LogP contribution in [0.25, 0.3) is 10.8 Å². The standard InChI is InChI=1S/C18H17F3N4O2S/c1-2-25(11-16-23-24-17(27-16)14-8-5-9-28-14)10-15(26)22-13-7-4-3-6-12(13)18(19,20)21/h3-9H,2,10-11H2,1H3,(H,22,26). The third kappa shape index (κ3) is 4.96. The van der Waals surface area contributed by atoms with Gasteiger partial charge in [0.1, 0.15) is 0 Å². The molecule has 1 N–H and O–H groups in total. The molecule has 0 fully saturated rings. The SMILES string of the molecule is CCN(CC(=O)Nc1ccccc1C(F)(F)F)Cc1nnc(-c2cccs2)o1. The summed E-state index contributed by atoms with van der Waals surface area (Å²) in [6.45, 7) is 2.40. The van der Waals surface area contributed by atoms with Crippen molar-refractivity contribution in [2.75, 3.05) is 18.4 Å². The number of likely N-dealkylation sites (N-methyl/N-ethyl adjacent to an activating group) is 1. The van der Waals surface area contributed by atoms with E-state index in [0.717, 1.165) is 10.9 Å². The van der Waals surface area contributed by atoms with E-state index in [1.54, 1.807) is 4.90 Å². The highest BCUT2D eigenvalue weighted by Crippen LogP contribution is 2.34. The number of alkyl halides is 3. The highest BCUT2D eigenvalue weighted by atomic mass is 32.1. The van der Waals surface area contributed by atoms with Gasteiger partial charge in [-0.25, -0.2) is 0 Å². The van der Waals surface area contributed by atoms with Crippen molar-refractivity contribution < 1.29 is 22.4 Å². The van der Waals surface area contributed by atoms with Crippen molar-refractivity contribution in [2.45, 2.75) is 19.6 Å². The van der Waals surface area contributed by atoms with Crippen molar-refractivity contribution in [3.8, 4) is 10.8 Å². The van der Waals surface area contributed by atoms with E-state index in [4.69, 9.17) is 4.42 Å². The molecule has 0 aliphatic rings. The molecule has 0 spiro atoms. The number of thiophene rings is 1. The van der Waals surface area contributed by atoms with E-state index in [-0.39, 0.29) is 18.8 Å².